The first-order chi connectivity index (χ1) is 6.74. The minimum Gasteiger partial charge on any atom is -0.494 e. The lowest BCUT2D eigenvalue weighted by Gasteiger charge is -2.15. The molecule has 1 aliphatic heterocycles. The highest BCUT2D eigenvalue weighted by Crippen LogP contribution is 2.42. The van der Waals surface area contributed by atoms with Crippen LogP contribution in [0.5, 0.6) is 5.75 Å². The number of pyridine rings is 1. The predicted octanol–water partition coefficient (Wildman–Crippen LogP) is 1.04. The molecule has 74 valence electrons. The second-order valence-corrected chi connectivity index (χ2v) is 3.64. The maximum atomic E-state index is 11.1. The summed E-state index contributed by atoms with van der Waals surface area (Å²) in [7, 11) is 1.55. The number of urea groups is 1. The molecule has 0 spiro atoms. The topological polar surface area (TPSA) is 68.4 Å². The van der Waals surface area contributed by atoms with Gasteiger partial charge in [0.2, 0.25) is 0 Å². The molecule has 2 rings (SSSR count). The molecule has 0 bridgehead atoms. The third kappa shape index (κ3) is 1.27. The number of aromatic nitrogens is 1. The van der Waals surface area contributed by atoms with E-state index in [0.717, 1.165) is 5.03 Å². The Kier molecular flexibility index (Phi) is 2.20. The van der Waals surface area contributed by atoms with Crippen LogP contribution >= 0.6 is 11.8 Å². The van der Waals surface area contributed by atoms with Gasteiger partial charge in [0.15, 0.2) is 0 Å². The van der Waals surface area contributed by atoms with Crippen molar-refractivity contribution in [1.82, 2.24) is 4.98 Å². The number of rotatable bonds is 1. The van der Waals surface area contributed by atoms with Crippen molar-refractivity contribution in [2.24, 2.45) is 5.73 Å². The van der Waals surface area contributed by atoms with Crippen LogP contribution in [0.1, 0.15) is 0 Å². The molecule has 2 amide bonds. The van der Waals surface area contributed by atoms with E-state index in [9.17, 15) is 4.79 Å². The van der Waals surface area contributed by atoms with Gasteiger partial charge in [-0.25, -0.2) is 9.78 Å². The Hall–Kier alpha value is -1.43. The van der Waals surface area contributed by atoms with E-state index in [1.54, 1.807) is 19.4 Å². The zero-order valence-electron chi connectivity index (χ0n) is 7.56. The Morgan fingerprint density at radius 1 is 1.79 bits per heavy atom. The normalized spacial score (nSPS) is 13.9. The first kappa shape index (κ1) is 9.14. The van der Waals surface area contributed by atoms with Crippen molar-refractivity contribution in [3.8, 4) is 5.75 Å². The van der Waals surface area contributed by atoms with Crippen molar-refractivity contribution in [2.45, 2.75) is 5.03 Å². The molecule has 14 heavy (non-hydrogen) atoms. The highest BCUT2D eigenvalue weighted by atomic mass is 32.2. The second kappa shape index (κ2) is 3.38. The lowest BCUT2D eigenvalue weighted by atomic mass is 10.3. The van der Waals surface area contributed by atoms with E-state index in [1.807, 2.05) is 0 Å². The molecule has 0 saturated heterocycles. The number of fused-ring (bicyclic) bond motifs is 1. The second-order valence-electron chi connectivity index (χ2n) is 2.71. The molecule has 5 nitrogen and oxygen atoms in total. The number of carbonyl (C=O) groups excluding carboxylic acids is 1. The summed E-state index contributed by atoms with van der Waals surface area (Å²) in [6, 6.07) is 1.23. The quantitative estimate of drug-likeness (QED) is 0.753. The molecule has 1 aromatic rings. The van der Waals surface area contributed by atoms with Crippen LogP contribution in [-0.2, 0) is 0 Å². The number of methoxy groups -OCH3 is 1. The van der Waals surface area contributed by atoms with Gasteiger partial charge in [0.05, 0.1) is 13.0 Å². The van der Waals surface area contributed by atoms with Crippen molar-refractivity contribution in [1.29, 1.82) is 0 Å². The van der Waals surface area contributed by atoms with Crippen molar-refractivity contribution < 1.29 is 9.53 Å². The van der Waals surface area contributed by atoms with Crippen LogP contribution in [0, 0.1) is 0 Å². The van der Waals surface area contributed by atoms with E-state index >= 15 is 0 Å². The Labute approximate surface area is 85.2 Å². The number of carbonyl (C=O) groups is 1. The van der Waals surface area contributed by atoms with Crippen molar-refractivity contribution in [2.75, 3.05) is 17.9 Å². The summed E-state index contributed by atoms with van der Waals surface area (Å²) in [5.74, 6) is 1.12. The summed E-state index contributed by atoms with van der Waals surface area (Å²) >= 11 is 1.47. The van der Waals surface area contributed by atoms with Crippen molar-refractivity contribution in [3.05, 3.63) is 12.3 Å². The van der Waals surface area contributed by atoms with Gasteiger partial charge in [0.25, 0.3) is 0 Å². The molecule has 0 aliphatic carbocycles. The van der Waals surface area contributed by atoms with E-state index in [1.165, 1.54) is 16.7 Å². The molecule has 0 fully saturated rings. The molecular weight excluding hydrogens is 202 g/mol. The number of hydrogen-bond acceptors (Lipinski definition) is 4. The number of anilines is 1. The van der Waals surface area contributed by atoms with Crippen molar-refractivity contribution in [3.63, 3.8) is 0 Å². The summed E-state index contributed by atoms with van der Waals surface area (Å²) in [5.41, 5.74) is 5.90. The van der Waals surface area contributed by atoms with E-state index in [2.05, 4.69) is 4.98 Å². The molecular formula is C8H9N3O2S. The summed E-state index contributed by atoms with van der Waals surface area (Å²) in [5, 5.41) is 0.781. The standard InChI is InChI=1S/C8H9N3O2S/c1-13-5-2-3-10-7-6(5)11(4-14-7)8(9)12/h2-3H,4H2,1H3,(H2,9,12). The van der Waals surface area contributed by atoms with Gasteiger partial charge in [0.1, 0.15) is 16.5 Å². The summed E-state index contributed by atoms with van der Waals surface area (Å²) < 4.78 is 5.13. The molecule has 2 heterocycles. The minimum absolute atomic E-state index is 0.484. The molecule has 2 N–H and O–H groups in total. The lowest BCUT2D eigenvalue weighted by Crippen LogP contribution is -2.33. The van der Waals surface area contributed by atoms with Gasteiger partial charge in [-0.15, -0.1) is 0 Å². The van der Waals surface area contributed by atoms with Gasteiger partial charge in [0, 0.05) is 12.3 Å². The maximum absolute atomic E-state index is 11.1. The average molecular weight is 211 g/mol. The minimum atomic E-state index is -0.484. The highest BCUT2D eigenvalue weighted by molar-refractivity contribution is 7.99. The van der Waals surface area contributed by atoms with Crippen molar-refractivity contribution >= 4 is 23.5 Å². The molecule has 0 atom stereocenters. The Morgan fingerprint density at radius 2 is 2.57 bits per heavy atom. The van der Waals surface area contributed by atoms with Gasteiger partial charge in [-0.2, -0.15) is 0 Å². The largest absolute Gasteiger partial charge is 0.494 e. The SMILES string of the molecule is COc1ccnc2c1N(C(N)=O)CS2. The summed E-state index contributed by atoms with van der Waals surface area (Å²) in [6.07, 6.45) is 1.65. The monoisotopic (exact) mass is 211 g/mol. The number of hydrogen-bond donors (Lipinski definition) is 1. The number of ether oxygens (including phenoxy) is 1. The number of amides is 2. The number of nitrogens with zero attached hydrogens (tertiary/aromatic N) is 2. The smallest absolute Gasteiger partial charge is 0.320 e. The molecule has 1 aliphatic rings. The zero-order valence-corrected chi connectivity index (χ0v) is 8.37. The van der Waals surface area contributed by atoms with Gasteiger partial charge < -0.3 is 10.5 Å². The fraction of sp³-hybridized carbons (Fsp3) is 0.250. The summed E-state index contributed by atoms with van der Waals surface area (Å²) in [4.78, 5) is 16.7. The van der Waals surface area contributed by atoms with Crippen LogP contribution in [0.2, 0.25) is 0 Å². The third-order valence-electron chi connectivity index (χ3n) is 1.94. The van der Waals surface area contributed by atoms with Gasteiger partial charge in [-0.05, 0) is 0 Å². The van der Waals surface area contributed by atoms with Gasteiger partial charge in [-0.3, -0.25) is 4.90 Å². The van der Waals surface area contributed by atoms with E-state index in [0.29, 0.717) is 17.3 Å². The molecule has 0 aromatic carbocycles. The molecule has 0 radical (unpaired) electrons. The highest BCUT2D eigenvalue weighted by Gasteiger charge is 2.28. The van der Waals surface area contributed by atoms with Gasteiger partial charge >= 0.3 is 6.03 Å². The molecule has 6 heteroatoms. The third-order valence-corrected chi connectivity index (χ3v) is 2.90. The Bertz CT molecular complexity index is 383. The van der Waals surface area contributed by atoms with E-state index < -0.39 is 6.03 Å². The van der Waals surface area contributed by atoms with Crippen LogP contribution in [0.25, 0.3) is 0 Å². The number of primary amides is 1. The number of thioether (sulfide) groups is 1. The van der Waals surface area contributed by atoms with Crippen LogP contribution in [-0.4, -0.2) is 24.0 Å². The fourth-order valence-corrected chi connectivity index (χ4v) is 2.29. The average Bonchev–Trinajstić information content (AvgIpc) is 2.60. The van der Waals surface area contributed by atoms with E-state index in [4.69, 9.17) is 10.5 Å². The van der Waals surface area contributed by atoms with Crippen LogP contribution in [0.4, 0.5) is 10.5 Å². The van der Waals surface area contributed by atoms with Crippen LogP contribution in [0.3, 0.4) is 0 Å². The van der Waals surface area contributed by atoms with Crippen LogP contribution < -0.4 is 15.4 Å². The van der Waals surface area contributed by atoms with E-state index in [-0.39, 0.29) is 0 Å². The zero-order chi connectivity index (χ0) is 10.1. The molecule has 1 aromatic heterocycles. The van der Waals surface area contributed by atoms with Gasteiger partial charge in [-0.1, -0.05) is 11.8 Å². The van der Waals surface area contributed by atoms with Crippen LogP contribution in [0.15, 0.2) is 17.3 Å². The fourth-order valence-electron chi connectivity index (χ4n) is 1.30. The molecule has 0 saturated carbocycles. The maximum Gasteiger partial charge on any atom is 0.320 e. The number of nitrogens with two attached hydrogens (primary N) is 1. The summed E-state index contributed by atoms with van der Waals surface area (Å²) in [6.45, 7) is 0. The predicted molar refractivity (Wildman–Crippen MR) is 53.6 cm³/mol. The first-order valence-electron chi connectivity index (χ1n) is 3.97. The Morgan fingerprint density at radius 3 is 3.21 bits per heavy atom. The Balaban J connectivity index is 2.50. The first-order valence-corrected chi connectivity index (χ1v) is 4.95. The lowest BCUT2D eigenvalue weighted by molar-refractivity contribution is 0.254. The molecule has 0 unspecified atom stereocenters.